The van der Waals surface area contributed by atoms with Crippen LogP contribution < -0.4 is 5.73 Å². The molecule has 3 nitrogen and oxygen atoms in total. The molecule has 0 aromatic heterocycles. The lowest BCUT2D eigenvalue weighted by molar-refractivity contribution is -0.173. The van der Waals surface area contributed by atoms with E-state index in [0.29, 0.717) is 6.54 Å². The SMILES string of the molecule is CC.CN1CCC(C)(C(N)=O)C(F)(F)C1. The van der Waals surface area contributed by atoms with Crippen LogP contribution in [0.1, 0.15) is 27.2 Å². The van der Waals surface area contributed by atoms with Gasteiger partial charge in [-0.25, -0.2) is 8.78 Å². The summed E-state index contributed by atoms with van der Waals surface area (Å²) in [5.41, 5.74) is 3.30. The molecular formula is C10H20F2N2O. The van der Waals surface area contributed by atoms with Gasteiger partial charge in [-0.1, -0.05) is 13.8 Å². The lowest BCUT2D eigenvalue weighted by Crippen LogP contribution is -2.58. The molecule has 2 N–H and O–H groups in total. The van der Waals surface area contributed by atoms with Gasteiger partial charge in [0.2, 0.25) is 5.91 Å². The second kappa shape index (κ2) is 4.88. The number of nitrogens with zero attached hydrogens (tertiary/aromatic N) is 1. The molecule has 0 aromatic rings. The third kappa shape index (κ3) is 2.65. The van der Waals surface area contributed by atoms with E-state index < -0.39 is 23.8 Å². The van der Waals surface area contributed by atoms with Gasteiger partial charge >= 0.3 is 0 Å². The van der Waals surface area contributed by atoms with Gasteiger partial charge in [-0.3, -0.25) is 4.79 Å². The predicted octanol–water partition coefficient (Wildman–Crippen LogP) is 1.47. The molecular weight excluding hydrogens is 202 g/mol. The van der Waals surface area contributed by atoms with E-state index in [0.717, 1.165) is 0 Å². The smallest absolute Gasteiger partial charge is 0.274 e. The van der Waals surface area contributed by atoms with Crippen molar-refractivity contribution in [3.05, 3.63) is 0 Å². The Kier molecular flexibility index (Phi) is 4.65. The molecule has 90 valence electrons. The summed E-state index contributed by atoms with van der Waals surface area (Å²) in [5.74, 6) is -3.93. The molecule has 0 radical (unpaired) electrons. The van der Waals surface area contributed by atoms with Crippen LogP contribution in [0.2, 0.25) is 0 Å². The minimum Gasteiger partial charge on any atom is -0.369 e. The second-order valence-electron chi connectivity index (χ2n) is 3.89. The Morgan fingerprint density at radius 3 is 2.20 bits per heavy atom. The highest BCUT2D eigenvalue weighted by Crippen LogP contribution is 2.42. The number of hydrogen-bond donors (Lipinski definition) is 1. The van der Waals surface area contributed by atoms with Crippen LogP contribution in [-0.2, 0) is 4.79 Å². The van der Waals surface area contributed by atoms with Crippen molar-refractivity contribution in [2.45, 2.75) is 33.1 Å². The third-order valence-electron chi connectivity index (χ3n) is 2.81. The average molecular weight is 222 g/mol. The standard InChI is InChI=1S/C8H14F2N2O.C2H6/c1-7(6(11)13)3-4-12(2)5-8(7,9)10;1-2/h3-5H2,1-2H3,(H2,11,13);1-2H3. The van der Waals surface area contributed by atoms with E-state index in [4.69, 9.17) is 5.73 Å². The average Bonchev–Trinajstić information content (AvgIpc) is 2.14. The summed E-state index contributed by atoms with van der Waals surface area (Å²) in [4.78, 5) is 12.4. The fourth-order valence-corrected chi connectivity index (χ4v) is 1.49. The summed E-state index contributed by atoms with van der Waals surface area (Å²) >= 11 is 0. The summed E-state index contributed by atoms with van der Waals surface area (Å²) in [5, 5.41) is 0. The van der Waals surface area contributed by atoms with Crippen LogP contribution in [0.5, 0.6) is 0 Å². The molecule has 5 heteroatoms. The molecule has 1 fully saturated rings. The minimum atomic E-state index is -3.02. The molecule has 1 aliphatic rings. The van der Waals surface area contributed by atoms with Crippen molar-refractivity contribution in [2.75, 3.05) is 20.1 Å². The van der Waals surface area contributed by atoms with E-state index in [-0.39, 0.29) is 6.42 Å². The zero-order chi connectivity index (χ0) is 12.3. The number of carbonyl (C=O) groups is 1. The van der Waals surface area contributed by atoms with Gasteiger partial charge in [0.1, 0.15) is 5.41 Å². The van der Waals surface area contributed by atoms with Gasteiger partial charge in [-0.2, -0.15) is 0 Å². The number of nitrogens with two attached hydrogens (primary N) is 1. The monoisotopic (exact) mass is 222 g/mol. The van der Waals surface area contributed by atoms with E-state index in [1.807, 2.05) is 13.8 Å². The first kappa shape index (κ1) is 14.3. The van der Waals surface area contributed by atoms with E-state index in [1.54, 1.807) is 7.05 Å². The van der Waals surface area contributed by atoms with Crippen molar-refractivity contribution in [3.8, 4) is 0 Å². The molecule has 1 amide bonds. The van der Waals surface area contributed by atoms with E-state index in [1.165, 1.54) is 11.8 Å². The first-order valence-electron chi connectivity index (χ1n) is 5.16. The lowest BCUT2D eigenvalue weighted by atomic mass is 9.76. The summed E-state index contributed by atoms with van der Waals surface area (Å²) in [6.07, 6.45) is 0.117. The van der Waals surface area contributed by atoms with Crippen molar-refractivity contribution in [1.82, 2.24) is 4.90 Å². The Bertz CT molecular complexity index is 233. The van der Waals surface area contributed by atoms with E-state index in [2.05, 4.69) is 0 Å². The Hall–Kier alpha value is -0.710. The highest BCUT2D eigenvalue weighted by molar-refractivity contribution is 5.81. The second-order valence-corrected chi connectivity index (χ2v) is 3.89. The molecule has 0 aromatic carbocycles. The topological polar surface area (TPSA) is 46.3 Å². The Morgan fingerprint density at radius 1 is 1.40 bits per heavy atom. The number of carbonyl (C=O) groups excluding carboxylic acids is 1. The normalized spacial score (nSPS) is 30.3. The summed E-state index contributed by atoms with van der Waals surface area (Å²) in [7, 11) is 1.61. The van der Waals surface area contributed by atoms with Gasteiger partial charge in [0.15, 0.2) is 0 Å². The molecule has 1 unspecified atom stereocenters. The van der Waals surface area contributed by atoms with Crippen molar-refractivity contribution in [2.24, 2.45) is 11.1 Å². The molecule has 0 bridgehead atoms. The quantitative estimate of drug-likeness (QED) is 0.730. The highest BCUT2D eigenvalue weighted by Gasteiger charge is 2.56. The van der Waals surface area contributed by atoms with Gasteiger partial charge in [-0.05, 0) is 26.9 Å². The molecule has 15 heavy (non-hydrogen) atoms. The number of halogens is 2. The molecule has 0 spiro atoms. The van der Waals surface area contributed by atoms with E-state index in [9.17, 15) is 13.6 Å². The van der Waals surface area contributed by atoms with Gasteiger partial charge < -0.3 is 10.6 Å². The maximum atomic E-state index is 13.4. The van der Waals surface area contributed by atoms with Crippen molar-refractivity contribution in [3.63, 3.8) is 0 Å². The molecule has 1 atom stereocenters. The number of hydrogen-bond acceptors (Lipinski definition) is 2. The third-order valence-corrected chi connectivity index (χ3v) is 2.81. The van der Waals surface area contributed by atoms with Gasteiger partial charge in [0, 0.05) is 0 Å². The van der Waals surface area contributed by atoms with Crippen LogP contribution in [0.15, 0.2) is 0 Å². The Balaban J connectivity index is 0.000000921. The number of amides is 1. The number of alkyl halides is 2. The predicted molar refractivity (Wildman–Crippen MR) is 55.7 cm³/mol. The molecule has 0 aliphatic carbocycles. The highest BCUT2D eigenvalue weighted by atomic mass is 19.3. The Morgan fingerprint density at radius 2 is 1.87 bits per heavy atom. The van der Waals surface area contributed by atoms with Gasteiger partial charge in [-0.15, -0.1) is 0 Å². The zero-order valence-corrected chi connectivity index (χ0v) is 9.81. The molecule has 1 rings (SSSR count). The fraction of sp³-hybridized carbons (Fsp3) is 0.900. The number of likely N-dealkylation sites (tertiary alicyclic amines) is 1. The zero-order valence-electron chi connectivity index (χ0n) is 9.81. The summed E-state index contributed by atoms with van der Waals surface area (Å²) in [6.45, 7) is 5.32. The molecule has 1 aliphatic heterocycles. The first-order chi connectivity index (χ1) is 6.79. The van der Waals surface area contributed by atoms with Crippen molar-refractivity contribution in [1.29, 1.82) is 0 Å². The lowest BCUT2D eigenvalue weighted by Gasteiger charge is -2.42. The van der Waals surface area contributed by atoms with Crippen LogP contribution in [-0.4, -0.2) is 36.9 Å². The van der Waals surface area contributed by atoms with Crippen LogP contribution in [0, 0.1) is 5.41 Å². The van der Waals surface area contributed by atoms with Crippen LogP contribution in [0.25, 0.3) is 0 Å². The Labute approximate surface area is 89.6 Å². The largest absolute Gasteiger partial charge is 0.369 e. The van der Waals surface area contributed by atoms with Gasteiger partial charge in [0.05, 0.1) is 6.54 Å². The molecule has 1 heterocycles. The minimum absolute atomic E-state index is 0.117. The molecule has 0 saturated carbocycles. The van der Waals surface area contributed by atoms with Gasteiger partial charge in [0.25, 0.3) is 5.92 Å². The summed E-state index contributed by atoms with van der Waals surface area (Å²) in [6, 6.07) is 0. The maximum Gasteiger partial charge on any atom is 0.274 e. The van der Waals surface area contributed by atoms with Crippen LogP contribution in [0.4, 0.5) is 8.78 Å². The van der Waals surface area contributed by atoms with Crippen LogP contribution in [0.3, 0.4) is 0 Å². The van der Waals surface area contributed by atoms with Crippen molar-refractivity contribution < 1.29 is 13.6 Å². The number of primary amides is 1. The first-order valence-corrected chi connectivity index (χ1v) is 5.16. The maximum absolute atomic E-state index is 13.4. The summed E-state index contributed by atoms with van der Waals surface area (Å²) < 4.78 is 26.8. The fourth-order valence-electron chi connectivity index (χ4n) is 1.49. The molecule has 1 saturated heterocycles. The van der Waals surface area contributed by atoms with E-state index >= 15 is 0 Å². The number of piperidine rings is 1. The van der Waals surface area contributed by atoms with Crippen LogP contribution >= 0.6 is 0 Å². The van der Waals surface area contributed by atoms with Crippen molar-refractivity contribution >= 4 is 5.91 Å². The number of rotatable bonds is 1.